The van der Waals surface area contributed by atoms with Crippen molar-refractivity contribution in [2.75, 3.05) is 11.9 Å². The Labute approximate surface area is 142 Å². The molecule has 118 valence electrons. The van der Waals surface area contributed by atoms with Crippen LogP contribution in [0.2, 0.25) is 0 Å². The van der Waals surface area contributed by atoms with E-state index in [1.54, 1.807) is 22.7 Å². The maximum atomic E-state index is 12.2. The molecule has 1 N–H and O–H groups in total. The third kappa shape index (κ3) is 3.97. The van der Waals surface area contributed by atoms with Crippen LogP contribution in [-0.4, -0.2) is 17.5 Å². The van der Waals surface area contributed by atoms with Gasteiger partial charge in [-0.1, -0.05) is 18.2 Å². The van der Waals surface area contributed by atoms with E-state index in [0.717, 1.165) is 15.6 Å². The fraction of sp³-hybridized carbons (Fsp3) is 0.176. The minimum atomic E-state index is -0.0971. The van der Waals surface area contributed by atoms with Gasteiger partial charge in [-0.25, -0.2) is 4.98 Å². The highest BCUT2D eigenvalue weighted by Crippen LogP contribution is 2.28. The van der Waals surface area contributed by atoms with E-state index in [1.165, 1.54) is 0 Å². The number of rotatable bonds is 6. The molecule has 2 heterocycles. The zero-order valence-electron chi connectivity index (χ0n) is 12.6. The van der Waals surface area contributed by atoms with E-state index >= 15 is 0 Å². The number of nitrogens with zero attached hydrogens (tertiary/aromatic N) is 1. The third-order valence-corrected chi connectivity index (χ3v) is 5.02. The lowest BCUT2D eigenvalue weighted by Gasteiger charge is -2.10. The molecule has 23 heavy (non-hydrogen) atoms. The van der Waals surface area contributed by atoms with Crippen molar-refractivity contribution in [2.45, 2.75) is 13.3 Å². The number of anilines is 1. The largest absolute Gasteiger partial charge is 0.492 e. The number of para-hydroxylation sites is 2. The van der Waals surface area contributed by atoms with Gasteiger partial charge in [0.1, 0.15) is 10.8 Å². The third-order valence-electron chi connectivity index (χ3n) is 3.09. The lowest BCUT2D eigenvalue weighted by molar-refractivity contribution is -0.115. The Hall–Kier alpha value is -2.18. The van der Waals surface area contributed by atoms with Gasteiger partial charge in [-0.3, -0.25) is 4.79 Å². The smallest absolute Gasteiger partial charge is 0.230 e. The topological polar surface area (TPSA) is 51.2 Å². The molecule has 0 saturated carbocycles. The standard InChI is InChI=1S/C17H16N2O2S2/c1-2-21-14-7-4-3-6-13(14)19-16(20)10-12-11-23-17(18-12)15-8-5-9-22-15/h3-9,11H,2,10H2,1H3,(H,19,20). The van der Waals surface area contributed by atoms with Crippen LogP contribution >= 0.6 is 22.7 Å². The van der Waals surface area contributed by atoms with Crippen molar-refractivity contribution < 1.29 is 9.53 Å². The molecule has 0 spiro atoms. The molecule has 4 nitrogen and oxygen atoms in total. The average Bonchev–Trinajstić information content (AvgIpc) is 3.20. The molecular formula is C17H16N2O2S2. The fourth-order valence-electron chi connectivity index (χ4n) is 2.11. The Balaban J connectivity index is 1.66. The van der Waals surface area contributed by atoms with Crippen molar-refractivity contribution in [1.82, 2.24) is 4.98 Å². The first-order valence-corrected chi connectivity index (χ1v) is 9.02. The summed E-state index contributed by atoms with van der Waals surface area (Å²) < 4.78 is 5.51. The second kappa shape index (κ2) is 7.39. The number of carbonyl (C=O) groups excluding carboxylic acids is 1. The number of thiophene rings is 1. The van der Waals surface area contributed by atoms with E-state index in [2.05, 4.69) is 10.3 Å². The molecule has 0 aliphatic heterocycles. The van der Waals surface area contributed by atoms with Gasteiger partial charge in [-0.05, 0) is 30.5 Å². The van der Waals surface area contributed by atoms with Crippen molar-refractivity contribution in [3.8, 4) is 15.6 Å². The predicted molar refractivity (Wildman–Crippen MR) is 95.4 cm³/mol. The normalized spacial score (nSPS) is 10.5. The van der Waals surface area contributed by atoms with E-state index in [0.29, 0.717) is 18.0 Å². The van der Waals surface area contributed by atoms with Crippen molar-refractivity contribution in [1.29, 1.82) is 0 Å². The molecule has 0 aliphatic carbocycles. The molecule has 0 atom stereocenters. The summed E-state index contributed by atoms with van der Waals surface area (Å²) >= 11 is 3.21. The second-order valence-electron chi connectivity index (χ2n) is 4.78. The van der Waals surface area contributed by atoms with Gasteiger partial charge in [0.15, 0.2) is 0 Å². The molecule has 1 amide bonds. The van der Waals surface area contributed by atoms with E-state index < -0.39 is 0 Å². The first-order valence-electron chi connectivity index (χ1n) is 7.26. The summed E-state index contributed by atoms with van der Waals surface area (Å²) in [5.74, 6) is 0.584. The van der Waals surface area contributed by atoms with E-state index in [9.17, 15) is 4.79 Å². The Morgan fingerprint density at radius 3 is 2.87 bits per heavy atom. The van der Waals surface area contributed by atoms with Gasteiger partial charge in [-0.2, -0.15) is 0 Å². The van der Waals surface area contributed by atoms with E-state index in [4.69, 9.17) is 4.74 Å². The molecule has 2 aromatic heterocycles. The van der Waals surface area contributed by atoms with Crippen LogP contribution in [0.1, 0.15) is 12.6 Å². The minimum Gasteiger partial charge on any atom is -0.492 e. The first kappa shape index (κ1) is 15.7. The van der Waals surface area contributed by atoms with Gasteiger partial charge in [0, 0.05) is 5.38 Å². The fourth-order valence-corrected chi connectivity index (χ4v) is 3.75. The molecule has 0 fully saturated rings. The molecule has 3 aromatic rings. The van der Waals surface area contributed by atoms with Gasteiger partial charge in [0.25, 0.3) is 0 Å². The Kier molecular flexibility index (Phi) is 5.05. The molecule has 0 saturated heterocycles. The number of hydrogen-bond donors (Lipinski definition) is 1. The van der Waals surface area contributed by atoms with Crippen LogP contribution in [0.25, 0.3) is 9.88 Å². The van der Waals surface area contributed by atoms with E-state index in [1.807, 2.05) is 54.1 Å². The lowest BCUT2D eigenvalue weighted by Crippen LogP contribution is -2.15. The van der Waals surface area contributed by atoms with Crippen LogP contribution in [0.5, 0.6) is 5.75 Å². The first-order chi connectivity index (χ1) is 11.3. The molecule has 6 heteroatoms. The van der Waals surface area contributed by atoms with Crippen molar-refractivity contribution in [2.24, 2.45) is 0 Å². The Bertz CT molecular complexity index is 782. The molecule has 0 aliphatic rings. The maximum absolute atomic E-state index is 12.2. The lowest BCUT2D eigenvalue weighted by atomic mass is 10.2. The average molecular weight is 344 g/mol. The highest BCUT2D eigenvalue weighted by atomic mass is 32.1. The van der Waals surface area contributed by atoms with Crippen LogP contribution in [0.4, 0.5) is 5.69 Å². The number of aromatic nitrogens is 1. The van der Waals surface area contributed by atoms with E-state index in [-0.39, 0.29) is 12.3 Å². The predicted octanol–water partition coefficient (Wildman–Crippen LogP) is 4.45. The van der Waals surface area contributed by atoms with Crippen LogP contribution in [0.15, 0.2) is 47.2 Å². The highest BCUT2D eigenvalue weighted by Gasteiger charge is 2.11. The quantitative estimate of drug-likeness (QED) is 0.719. The van der Waals surface area contributed by atoms with Crippen molar-refractivity contribution >= 4 is 34.3 Å². The van der Waals surface area contributed by atoms with Gasteiger partial charge in [0.2, 0.25) is 5.91 Å². The monoisotopic (exact) mass is 344 g/mol. The number of thiazole rings is 1. The van der Waals surface area contributed by atoms with Gasteiger partial charge < -0.3 is 10.1 Å². The molecule has 0 radical (unpaired) electrons. The number of ether oxygens (including phenoxy) is 1. The van der Waals surface area contributed by atoms with Crippen molar-refractivity contribution in [3.05, 3.63) is 52.9 Å². The zero-order valence-corrected chi connectivity index (χ0v) is 14.2. The molecule has 3 rings (SSSR count). The molecule has 1 aromatic carbocycles. The van der Waals surface area contributed by atoms with Crippen LogP contribution < -0.4 is 10.1 Å². The number of carbonyl (C=O) groups is 1. The van der Waals surface area contributed by atoms with Crippen LogP contribution in [0, 0.1) is 0 Å². The van der Waals surface area contributed by atoms with Gasteiger partial charge in [-0.15, -0.1) is 22.7 Å². The van der Waals surface area contributed by atoms with Gasteiger partial charge in [0.05, 0.1) is 29.3 Å². The number of amides is 1. The number of benzene rings is 1. The maximum Gasteiger partial charge on any atom is 0.230 e. The van der Waals surface area contributed by atoms with Crippen LogP contribution in [0.3, 0.4) is 0 Å². The summed E-state index contributed by atoms with van der Waals surface area (Å²) in [4.78, 5) is 17.9. The number of nitrogens with one attached hydrogen (secondary N) is 1. The highest BCUT2D eigenvalue weighted by molar-refractivity contribution is 7.20. The van der Waals surface area contributed by atoms with Crippen molar-refractivity contribution in [3.63, 3.8) is 0 Å². The zero-order chi connectivity index (χ0) is 16.1. The Morgan fingerprint density at radius 2 is 2.09 bits per heavy atom. The molecular weight excluding hydrogens is 328 g/mol. The summed E-state index contributed by atoms with van der Waals surface area (Å²) in [7, 11) is 0. The minimum absolute atomic E-state index is 0.0971. The number of hydrogen-bond acceptors (Lipinski definition) is 5. The summed E-state index contributed by atoms with van der Waals surface area (Å²) in [6.07, 6.45) is 0.252. The van der Waals surface area contributed by atoms with Gasteiger partial charge >= 0.3 is 0 Å². The Morgan fingerprint density at radius 1 is 1.22 bits per heavy atom. The molecule has 0 unspecified atom stereocenters. The summed E-state index contributed by atoms with van der Waals surface area (Å²) in [5.41, 5.74) is 1.47. The summed E-state index contributed by atoms with van der Waals surface area (Å²) in [6.45, 7) is 2.48. The summed E-state index contributed by atoms with van der Waals surface area (Å²) in [5, 5.41) is 7.80. The molecule has 0 bridgehead atoms. The summed E-state index contributed by atoms with van der Waals surface area (Å²) in [6, 6.07) is 11.5. The van der Waals surface area contributed by atoms with Crippen LogP contribution in [-0.2, 0) is 11.2 Å². The SMILES string of the molecule is CCOc1ccccc1NC(=O)Cc1csc(-c2cccs2)n1. The second-order valence-corrected chi connectivity index (χ2v) is 6.58.